The molecule has 1 aliphatic heterocycles. The molecule has 1 aliphatic rings. The third-order valence-corrected chi connectivity index (χ3v) is 3.40. The lowest BCUT2D eigenvalue weighted by Gasteiger charge is -2.19. The molecule has 0 bridgehead atoms. The van der Waals surface area contributed by atoms with Gasteiger partial charge in [-0.25, -0.2) is 0 Å². The molecule has 0 spiro atoms. The van der Waals surface area contributed by atoms with Crippen molar-refractivity contribution in [2.45, 2.75) is 6.42 Å². The normalized spacial score (nSPS) is 12.2. The Morgan fingerprint density at radius 3 is 2.56 bits per heavy atom. The highest BCUT2D eigenvalue weighted by molar-refractivity contribution is 5.85. The van der Waals surface area contributed by atoms with Gasteiger partial charge in [0.2, 0.25) is 5.91 Å². The van der Waals surface area contributed by atoms with Crippen molar-refractivity contribution in [3.05, 3.63) is 27.8 Å². The molecule has 0 fully saturated rings. The van der Waals surface area contributed by atoms with E-state index in [-0.39, 0.29) is 30.4 Å². The molecule has 140 valence electrons. The van der Waals surface area contributed by atoms with Crippen molar-refractivity contribution >= 4 is 24.0 Å². The van der Waals surface area contributed by atoms with Gasteiger partial charge in [0, 0.05) is 32.3 Å². The zero-order valence-corrected chi connectivity index (χ0v) is 14.7. The molecule has 25 heavy (non-hydrogen) atoms. The Kier molecular flexibility index (Phi) is 8.96. The van der Waals surface area contributed by atoms with E-state index in [1.165, 1.54) is 12.1 Å². The van der Waals surface area contributed by atoms with Gasteiger partial charge in [-0.05, 0) is 6.07 Å². The van der Waals surface area contributed by atoms with E-state index >= 15 is 0 Å². The molecule has 10 heteroatoms. The number of ether oxygens (including phenoxy) is 3. The van der Waals surface area contributed by atoms with Crippen molar-refractivity contribution in [3.63, 3.8) is 0 Å². The average molecular weight is 376 g/mol. The van der Waals surface area contributed by atoms with Crippen LogP contribution in [0.4, 0.5) is 5.69 Å². The standard InChI is InChI=1S/C15H21N3O6.ClH/c1-22-5-4-16-2-3-17-15(19)9-11-8-13-14(24-7-6-23-13)10-12(11)18(20)21;/h8,10,16H,2-7,9H2,1H3,(H,17,19);1H. The van der Waals surface area contributed by atoms with Crippen LogP contribution >= 0.6 is 12.4 Å². The van der Waals surface area contributed by atoms with Crippen molar-refractivity contribution in [2.24, 2.45) is 0 Å². The molecular weight excluding hydrogens is 354 g/mol. The van der Waals surface area contributed by atoms with Gasteiger partial charge in [-0.1, -0.05) is 0 Å². The summed E-state index contributed by atoms with van der Waals surface area (Å²) in [5.41, 5.74) is 0.154. The minimum atomic E-state index is -0.521. The number of hydrogen-bond acceptors (Lipinski definition) is 7. The molecule has 0 radical (unpaired) electrons. The molecular formula is C15H22ClN3O6. The van der Waals surface area contributed by atoms with Crippen molar-refractivity contribution in [2.75, 3.05) is 46.6 Å². The van der Waals surface area contributed by atoms with Gasteiger partial charge in [-0.15, -0.1) is 12.4 Å². The van der Waals surface area contributed by atoms with Crippen LogP contribution in [0.2, 0.25) is 0 Å². The summed E-state index contributed by atoms with van der Waals surface area (Å²) >= 11 is 0. The minimum Gasteiger partial charge on any atom is -0.486 e. The lowest BCUT2D eigenvalue weighted by molar-refractivity contribution is -0.385. The first kappa shape index (κ1) is 20.9. The fraction of sp³-hybridized carbons (Fsp3) is 0.533. The largest absolute Gasteiger partial charge is 0.486 e. The Bertz CT molecular complexity index is 599. The molecule has 0 saturated carbocycles. The van der Waals surface area contributed by atoms with Gasteiger partial charge in [0.1, 0.15) is 13.2 Å². The number of nitro groups is 1. The zero-order chi connectivity index (χ0) is 17.4. The molecule has 0 unspecified atom stereocenters. The first-order chi connectivity index (χ1) is 11.6. The first-order valence-electron chi connectivity index (χ1n) is 7.65. The van der Waals surface area contributed by atoms with Gasteiger partial charge in [0.05, 0.1) is 24.0 Å². The maximum atomic E-state index is 12.0. The molecule has 1 aromatic carbocycles. The third kappa shape index (κ3) is 6.37. The van der Waals surface area contributed by atoms with E-state index in [0.29, 0.717) is 56.5 Å². The van der Waals surface area contributed by atoms with E-state index in [9.17, 15) is 14.9 Å². The highest BCUT2D eigenvalue weighted by Gasteiger charge is 2.23. The van der Waals surface area contributed by atoms with Crippen LogP contribution in [0.15, 0.2) is 12.1 Å². The molecule has 0 atom stereocenters. The number of fused-ring (bicyclic) bond motifs is 1. The summed E-state index contributed by atoms with van der Waals surface area (Å²) in [5.74, 6) is 0.471. The molecule has 1 amide bonds. The van der Waals surface area contributed by atoms with E-state index in [1.807, 2.05) is 0 Å². The number of carbonyl (C=O) groups is 1. The zero-order valence-electron chi connectivity index (χ0n) is 13.9. The van der Waals surface area contributed by atoms with Gasteiger partial charge in [0.25, 0.3) is 5.69 Å². The lowest BCUT2D eigenvalue weighted by atomic mass is 10.1. The van der Waals surface area contributed by atoms with Crippen molar-refractivity contribution in [1.29, 1.82) is 0 Å². The molecule has 1 heterocycles. The Balaban J connectivity index is 0.00000312. The van der Waals surface area contributed by atoms with Crippen LogP contribution in [0.5, 0.6) is 11.5 Å². The second-order valence-corrected chi connectivity index (χ2v) is 5.15. The third-order valence-electron chi connectivity index (χ3n) is 3.40. The van der Waals surface area contributed by atoms with Crippen molar-refractivity contribution in [3.8, 4) is 11.5 Å². The van der Waals surface area contributed by atoms with E-state index in [4.69, 9.17) is 14.2 Å². The summed E-state index contributed by atoms with van der Waals surface area (Å²) in [4.78, 5) is 22.7. The molecule has 0 saturated heterocycles. The van der Waals surface area contributed by atoms with Crippen LogP contribution in [0, 0.1) is 10.1 Å². The van der Waals surface area contributed by atoms with Crippen LogP contribution in [0.1, 0.15) is 5.56 Å². The van der Waals surface area contributed by atoms with Gasteiger partial charge in [-0.2, -0.15) is 0 Å². The van der Waals surface area contributed by atoms with Crippen LogP contribution in [-0.4, -0.2) is 57.4 Å². The van der Waals surface area contributed by atoms with Crippen LogP contribution < -0.4 is 20.1 Å². The Morgan fingerprint density at radius 1 is 1.24 bits per heavy atom. The number of nitrogens with zero attached hydrogens (tertiary/aromatic N) is 1. The van der Waals surface area contributed by atoms with E-state index < -0.39 is 4.92 Å². The number of nitro benzene ring substituents is 1. The Morgan fingerprint density at radius 2 is 1.92 bits per heavy atom. The fourth-order valence-electron chi connectivity index (χ4n) is 2.26. The predicted molar refractivity (Wildman–Crippen MR) is 92.8 cm³/mol. The second-order valence-electron chi connectivity index (χ2n) is 5.15. The number of amides is 1. The van der Waals surface area contributed by atoms with Gasteiger partial charge in [-0.3, -0.25) is 14.9 Å². The average Bonchev–Trinajstić information content (AvgIpc) is 2.57. The Labute approximate surface area is 151 Å². The fourth-order valence-corrected chi connectivity index (χ4v) is 2.26. The summed E-state index contributed by atoms with van der Waals surface area (Å²) in [6, 6.07) is 2.81. The monoisotopic (exact) mass is 375 g/mol. The lowest BCUT2D eigenvalue weighted by Crippen LogP contribution is -2.34. The summed E-state index contributed by atoms with van der Waals surface area (Å²) < 4.78 is 15.6. The van der Waals surface area contributed by atoms with Gasteiger partial charge >= 0.3 is 0 Å². The number of hydrogen-bond donors (Lipinski definition) is 2. The molecule has 0 aliphatic carbocycles. The molecule has 0 aromatic heterocycles. The van der Waals surface area contributed by atoms with Gasteiger partial charge < -0.3 is 24.8 Å². The second kappa shape index (κ2) is 10.7. The number of carbonyl (C=O) groups excluding carboxylic acids is 1. The summed E-state index contributed by atoms with van der Waals surface area (Å²) in [6.45, 7) is 3.04. The maximum Gasteiger partial charge on any atom is 0.277 e. The highest BCUT2D eigenvalue weighted by Crippen LogP contribution is 2.36. The number of nitrogens with one attached hydrogen (secondary N) is 2. The van der Waals surface area contributed by atoms with Crippen LogP contribution in [-0.2, 0) is 16.0 Å². The molecule has 2 rings (SSSR count). The molecule has 2 N–H and O–H groups in total. The highest BCUT2D eigenvalue weighted by atomic mass is 35.5. The van der Waals surface area contributed by atoms with E-state index in [1.54, 1.807) is 7.11 Å². The molecule has 9 nitrogen and oxygen atoms in total. The first-order valence-corrected chi connectivity index (χ1v) is 7.65. The van der Waals surface area contributed by atoms with Crippen LogP contribution in [0.25, 0.3) is 0 Å². The summed E-state index contributed by atoms with van der Waals surface area (Å²) in [5, 5.41) is 17.0. The van der Waals surface area contributed by atoms with E-state index in [0.717, 1.165) is 0 Å². The summed E-state index contributed by atoms with van der Waals surface area (Å²) in [7, 11) is 1.61. The number of rotatable bonds is 9. The van der Waals surface area contributed by atoms with E-state index in [2.05, 4.69) is 10.6 Å². The summed E-state index contributed by atoms with van der Waals surface area (Å²) in [6.07, 6.45) is -0.0922. The predicted octanol–water partition coefficient (Wildman–Crippen LogP) is 0.682. The smallest absolute Gasteiger partial charge is 0.277 e. The number of benzene rings is 1. The minimum absolute atomic E-state index is 0. The SMILES string of the molecule is COCCNCCNC(=O)Cc1cc2c(cc1[N+](=O)[O-])OCCO2.Cl. The maximum absolute atomic E-state index is 12.0. The quantitative estimate of drug-likeness (QED) is 0.371. The van der Waals surface area contributed by atoms with Crippen LogP contribution in [0.3, 0.4) is 0 Å². The number of methoxy groups -OCH3 is 1. The topological polar surface area (TPSA) is 112 Å². The van der Waals surface area contributed by atoms with Gasteiger partial charge in [0.15, 0.2) is 11.5 Å². The Hall–Kier alpha value is -2.10. The van der Waals surface area contributed by atoms with Crippen molar-refractivity contribution in [1.82, 2.24) is 10.6 Å². The number of halogens is 1. The molecule has 1 aromatic rings. The van der Waals surface area contributed by atoms with Crippen molar-refractivity contribution < 1.29 is 23.9 Å².